The number of hydrogen-bond acceptors (Lipinski definition) is 4. The Morgan fingerprint density at radius 1 is 1.29 bits per heavy atom. The molecule has 0 saturated carbocycles. The van der Waals surface area contributed by atoms with Gasteiger partial charge >= 0.3 is 0 Å². The van der Waals surface area contributed by atoms with E-state index in [1.54, 1.807) is 26.5 Å². The summed E-state index contributed by atoms with van der Waals surface area (Å²) in [5, 5.41) is 3.31. The molecule has 0 aliphatic heterocycles. The van der Waals surface area contributed by atoms with Crippen LogP contribution in [-0.2, 0) is 6.54 Å². The third-order valence-electron chi connectivity index (χ3n) is 3.63. The van der Waals surface area contributed by atoms with Crippen LogP contribution >= 0.6 is 0 Å². The molecule has 2 heterocycles. The number of pyridine rings is 1. The Hall–Kier alpha value is -2.01. The summed E-state index contributed by atoms with van der Waals surface area (Å²) in [5.74, 6) is 1.40. The fraction of sp³-hybridized carbons (Fsp3) is 0.438. The summed E-state index contributed by atoms with van der Waals surface area (Å²) in [6.07, 6.45) is 7.01. The summed E-state index contributed by atoms with van der Waals surface area (Å²) >= 11 is 0. The van der Waals surface area contributed by atoms with E-state index in [2.05, 4.69) is 40.3 Å². The maximum absolute atomic E-state index is 5.42. The Labute approximate surface area is 125 Å². The van der Waals surface area contributed by atoms with Crippen molar-refractivity contribution in [2.45, 2.75) is 25.9 Å². The molecular formula is C16H23N3O2. The lowest BCUT2D eigenvalue weighted by Crippen LogP contribution is -2.14. The van der Waals surface area contributed by atoms with Gasteiger partial charge in [0.2, 0.25) is 0 Å². The molecule has 114 valence electrons. The summed E-state index contributed by atoms with van der Waals surface area (Å²) in [5.41, 5.74) is 2.14. The number of rotatable bonds is 7. The molecule has 1 N–H and O–H groups in total. The molecule has 0 saturated heterocycles. The number of nitrogens with zero attached hydrogens (tertiary/aromatic N) is 2. The van der Waals surface area contributed by atoms with Gasteiger partial charge in [-0.1, -0.05) is 6.92 Å². The smallest absolute Gasteiger partial charge is 0.184 e. The van der Waals surface area contributed by atoms with Gasteiger partial charge in [-0.15, -0.1) is 0 Å². The van der Waals surface area contributed by atoms with E-state index in [9.17, 15) is 0 Å². The third kappa shape index (κ3) is 3.36. The summed E-state index contributed by atoms with van der Waals surface area (Å²) in [6.45, 7) is 2.83. The molecule has 0 aliphatic rings. The first-order valence-electron chi connectivity index (χ1n) is 7.12. The van der Waals surface area contributed by atoms with Gasteiger partial charge < -0.3 is 19.4 Å². The van der Waals surface area contributed by atoms with Crippen molar-refractivity contribution < 1.29 is 9.47 Å². The van der Waals surface area contributed by atoms with E-state index in [1.807, 2.05) is 7.05 Å². The Balaban J connectivity index is 2.23. The van der Waals surface area contributed by atoms with Crippen LogP contribution in [0.2, 0.25) is 0 Å². The molecule has 0 radical (unpaired) electrons. The summed E-state index contributed by atoms with van der Waals surface area (Å²) < 4.78 is 12.8. The first kappa shape index (κ1) is 15.4. The fourth-order valence-electron chi connectivity index (χ4n) is 2.51. The molecular weight excluding hydrogens is 266 g/mol. The lowest BCUT2D eigenvalue weighted by atomic mass is 10.1. The summed E-state index contributed by atoms with van der Waals surface area (Å²) in [4.78, 5) is 4.41. The van der Waals surface area contributed by atoms with Crippen molar-refractivity contribution in [1.29, 1.82) is 0 Å². The zero-order valence-corrected chi connectivity index (χ0v) is 13.1. The number of hydrogen-bond donors (Lipinski definition) is 1. The first-order valence-corrected chi connectivity index (χ1v) is 7.12. The van der Waals surface area contributed by atoms with Crippen LogP contribution in [0.25, 0.3) is 0 Å². The molecule has 5 heteroatoms. The predicted molar refractivity (Wildman–Crippen MR) is 83.0 cm³/mol. The highest BCUT2D eigenvalue weighted by Crippen LogP contribution is 2.29. The molecule has 0 aliphatic carbocycles. The second kappa shape index (κ2) is 7.13. The maximum Gasteiger partial charge on any atom is 0.184 e. The van der Waals surface area contributed by atoms with Crippen LogP contribution in [0.4, 0.5) is 0 Å². The van der Waals surface area contributed by atoms with Crippen molar-refractivity contribution in [2.24, 2.45) is 0 Å². The molecule has 0 aromatic carbocycles. The molecule has 2 rings (SSSR count). The minimum absolute atomic E-state index is 0.381. The van der Waals surface area contributed by atoms with E-state index < -0.39 is 0 Å². The molecule has 0 fully saturated rings. The van der Waals surface area contributed by atoms with Crippen molar-refractivity contribution in [3.05, 3.63) is 42.0 Å². The fourth-order valence-corrected chi connectivity index (χ4v) is 2.51. The highest BCUT2D eigenvalue weighted by atomic mass is 16.5. The standard InChI is InChI=1S/C16H23N3O2/c1-5-13(17-2)12-7-9-19(10-12)11-14-16(21-4)15(20-3)6-8-18-14/h6-10,13,17H,5,11H2,1-4H3. The molecule has 0 amide bonds. The Morgan fingerprint density at radius 2 is 2.10 bits per heavy atom. The van der Waals surface area contributed by atoms with Gasteiger partial charge in [0.05, 0.1) is 20.8 Å². The molecule has 1 atom stereocenters. The predicted octanol–water partition coefficient (Wildman–Crippen LogP) is 2.62. The zero-order valence-electron chi connectivity index (χ0n) is 13.1. The largest absolute Gasteiger partial charge is 0.493 e. The van der Waals surface area contributed by atoms with E-state index in [-0.39, 0.29) is 0 Å². The van der Waals surface area contributed by atoms with Crippen LogP contribution in [0.3, 0.4) is 0 Å². The molecule has 1 unspecified atom stereocenters. The highest BCUT2D eigenvalue weighted by Gasteiger charge is 2.13. The summed E-state index contributed by atoms with van der Waals surface area (Å²) in [7, 11) is 5.25. The van der Waals surface area contributed by atoms with Gasteiger partial charge in [-0.2, -0.15) is 0 Å². The van der Waals surface area contributed by atoms with Gasteiger partial charge in [0.1, 0.15) is 5.69 Å². The molecule has 2 aromatic rings. The minimum Gasteiger partial charge on any atom is -0.493 e. The molecule has 21 heavy (non-hydrogen) atoms. The lowest BCUT2D eigenvalue weighted by Gasteiger charge is -2.13. The zero-order chi connectivity index (χ0) is 15.2. The van der Waals surface area contributed by atoms with Crippen molar-refractivity contribution in [3.8, 4) is 11.5 Å². The average Bonchev–Trinajstić information content (AvgIpc) is 2.96. The van der Waals surface area contributed by atoms with Gasteiger partial charge in [-0.05, 0) is 25.1 Å². The SMILES string of the molecule is CCC(NC)c1ccn(Cc2nccc(OC)c2OC)c1. The highest BCUT2D eigenvalue weighted by molar-refractivity contribution is 5.42. The van der Waals surface area contributed by atoms with E-state index in [1.165, 1.54) is 5.56 Å². The van der Waals surface area contributed by atoms with Crippen molar-refractivity contribution >= 4 is 0 Å². The molecule has 0 spiro atoms. The van der Waals surface area contributed by atoms with Gasteiger partial charge in [-0.25, -0.2) is 0 Å². The minimum atomic E-state index is 0.381. The van der Waals surface area contributed by atoms with Crippen LogP contribution in [0.5, 0.6) is 11.5 Å². The van der Waals surface area contributed by atoms with E-state index >= 15 is 0 Å². The average molecular weight is 289 g/mol. The van der Waals surface area contributed by atoms with Crippen LogP contribution in [-0.4, -0.2) is 30.8 Å². The second-order valence-corrected chi connectivity index (χ2v) is 4.86. The topological polar surface area (TPSA) is 48.3 Å². The van der Waals surface area contributed by atoms with Crippen LogP contribution in [0, 0.1) is 0 Å². The third-order valence-corrected chi connectivity index (χ3v) is 3.63. The van der Waals surface area contributed by atoms with Gasteiger partial charge in [0.25, 0.3) is 0 Å². The number of aromatic nitrogens is 2. The monoisotopic (exact) mass is 289 g/mol. The second-order valence-electron chi connectivity index (χ2n) is 4.86. The van der Waals surface area contributed by atoms with Crippen molar-refractivity contribution in [1.82, 2.24) is 14.9 Å². The van der Waals surface area contributed by atoms with E-state index in [0.29, 0.717) is 24.1 Å². The van der Waals surface area contributed by atoms with E-state index in [4.69, 9.17) is 9.47 Å². The lowest BCUT2D eigenvalue weighted by molar-refractivity contribution is 0.348. The molecule has 5 nitrogen and oxygen atoms in total. The van der Waals surface area contributed by atoms with Crippen LogP contribution < -0.4 is 14.8 Å². The van der Waals surface area contributed by atoms with E-state index in [0.717, 1.165) is 12.1 Å². The van der Waals surface area contributed by atoms with Gasteiger partial charge in [0.15, 0.2) is 11.5 Å². The number of ether oxygens (including phenoxy) is 2. The quantitative estimate of drug-likeness (QED) is 0.851. The molecule has 0 bridgehead atoms. The summed E-state index contributed by atoms with van der Waals surface area (Å²) in [6, 6.07) is 4.32. The number of nitrogens with one attached hydrogen (secondary N) is 1. The van der Waals surface area contributed by atoms with Gasteiger partial charge in [-0.3, -0.25) is 4.98 Å². The first-order chi connectivity index (χ1) is 10.2. The Kier molecular flexibility index (Phi) is 5.22. The van der Waals surface area contributed by atoms with Crippen LogP contribution in [0.15, 0.2) is 30.7 Å². The normalized spacial score (nSPS) is 12.2. The molecule has 2 aromatic heterocycles. The Bertz CT molecular complexity index is 577. The Morgan fingerprint density at radius 3 is 2.71 bits per heavy atom. The van der Waals surface area contributed by atoms with Gasteiger partial charge in [0, 0.05) is 30.7 Å². The maximum atomic E-state index is 5.42. The van der Waals surface area contributed by atoms with Crippen molar-refractivity contribution in [3.63, 3.8) is 0 Å². The van der Waals surface area contributed by atoms with Crippen molar-refractivity contribution in [2.75, 3.05) is 21.3 Å². The number of methoxy groups -OCH3 is 2. The van der Waals surface area contributed by atoms with Crippen LogP contribution in [0.1, 0.15) is 30.6 Å².